The van der Waals surface area contributed by atoms with Crippen LogP contribution < -0.4 is 26.5 Å². The summed E-state index contributed by atoms with van der Waals surface area (Å²) < 4.78 is 10.8. The van der Waals surface area contributed by atoms with Gasteiger partial charge in [0.1, 0.15) is 11.5 Å². The number of halogens is 1. The second-order valence-corrected chi connectivity index (χ2v) is 3.38. The van der Waals surface area contributed by atoms with Crippen LogP contribution >= 0.6 is 0 Å². The monoisotopic (exact) mass is 316 g/mol. The maximum Gasteiger partial charge on any atom is 2.00 e. The summed E-state index contributed by atoms with van der Waals surface area (Å²) in [6.45, 7) is 0.557. The van der Waals surface area contributed by atoms with E-state index in [-0.39, 0.29) is 40.0 Å². The molecule has 2 aromatic carbocycles. The molecule has 2 rings (SSSR count). The standard InChI is InChI=1S/C14H13O2.BrH.Mg/c1-15-13-8-5-9-14(10-13)16-11-12-6-3-2-4-7-12;;/h3-10H,11H2,1H3;1H;/q-1;;+2/p-1. The molecule has 0 spiro atoms. The molecule has 0 heterocycles. The van der Waals surface area contributed by atoms with Gasteiger partial charge >= 0.3 is 23.1 Å². The molecule has 0 unspecified atom stereocenters. The van der Waals surface area contributed by atoms with E-state index in [0.717, 1.165) is 17.1 Å². The van der Waals surface area contributed by atoms with E-state index in [1.165, 1.54) is 0 Å². The van der Waals surface area contributed by atoms with Crippen LogP contribution in [0.5, 0.6) is 11.5 Å². The van der Waals surface area contributed by atoms with Crippen LogP contribution in [0.25, 0.3) is 0 Å². The Morgan fingerprint density at radius 3 is 2.39 bits per heavy atom. The van der Waals surface area contributed by atoms with Gasteiger partial charge in [0.25, 0.3) is 0 Å². The van der Waals surface area contributed by atoms with E-state index in [4.69, 9.17) is 9.47 Å². The van der Waals surface area contributed by atoms with Crippen LogP contribution in [0.2, 0.25) is 0 Å². The Morgan fingerprint density at radius 1 is 1.06 bits per heavy atom. The van der Waals surface area contributed by atoms with Gasteiger partial charge in [-0.2, -0.15) is 30.3 Å². The minimum Gasteiger partial charge on any atom is -1.00 e. The molecule has 4 heteroatoms. The summed E-state index contributed by atoms with van der Waals surface area (Å²) in [5.41, 5.74) is 1.13. The Morgan fingerprint density at radius 2 is 1.72 bits per heavy atom. The summed E-state index contributed by atoms with van der Waals surface area (Å²) in [6.07, 6.45) is 0. The summed E-state index contributed by atoms with van der Waals surface area (Å²) in [5.74, 6) is 1.62. The number of hydrogen-bond acceptors (Lipinski definition) is 2. The number of ether oxygens (including phenoxy) is 2. The summed E-state index contributed by atoms with van der Waals surface area (Å²) in [7, 11) is 1.64. The first kappa shape index (κ1) is 17.3. The van der Waals surface area contributed by atoms with Gasteiger partial charge in [-0.1, -0.05) is 6.07 Å². The minimum atomic E-state index is 0. The van der Waals surface area contributed by atoms with Crippen LogP contribution in [0, 0.1) is 6.07 Å². The second kappa shape index (κ2) is 9.25. The predicted molar refractivity (Wildman–Crippen MR) is 68.4 cm³/mol. The van der Waals surface area contributed by atoms with Crippen molar-refractivity contribution in [1.82, 2.24) is 0 Å². The number of methoxy groups -OCH3 is 1. The van der Waals surface area contributed by atoms with E-state index in [0.29, 0.717) is 6.61 Å². The van der Waals surface area contributed by atoms with Crippen molar-refractivity contribution < 1.29 is 26.5 Å². The minimum absolute atomic E-state index is 0. The molecule has 0 radical (unpaired) electrons. The molecule has 2 nitrogen and oxygen atoms in total. The molecule has 0 saturated carbocycles. The second-order valence-electron chi connectivity index (χ2n) is 3.38. The fourth-order valence-corrected chi connectivity index (χ4v) is 1.38. The van der Waals surface area contributed by atoms with Gasteiger partial charge in [0.05, 0.1) is 13.7 Å². The van der Waals surface area contributed by atoms with Gasteiger partial charge in [-0.3, -0.25) is 0 Å². The molecule has 0 aliphatic rings. The van der Waals surface area contributed by atoms with E-state index >= 15 is 0 Å². The van der Waals surface area contributed by atoms with Gasteiger partial charge in [0, 0.05) is 6.07 Å². The van der Waals surface area contributed by atoms with Crippen LogP contribution in [0.4, 0.5) is 0 Å². The van der Waals surface area contributed by atoms with Gasteiger partial charge in [-0.25, -0.2) is 0 Å². The molecule has 0 fully saturated rings. The summed E-state index contributed by atoms with van der Waals surface area (Å²) in [6, 6.07) is 18.3. The Hall–Kier alpha value is -0.714. The quantitative estimate of drug-likeness (QED) is 0.569. The molecule has 0 saturated heterocycles. The maximum absolute atomic E-state index is 5.64. The zero-order valence-corrected chi connectivity index (χ0v) is 13.2. The van der Waals surface area contributed by atoms with E-state index < -0.39 is 0 Å². The van der Waals surface area contributed by atoms with Crippen LogP contribution in [-0.2, 0) is 6.61 Å². The van der Waals surface area contributed by atoms with E-state index in [1.54, 1.807) is 7.11 Å². The van der Waals surface area contributed by atoms with Crippen LogP contribution in [0.15, 0.2) is 48.5 Å². The Labute approximate surface area is 134 Å². The topological polar surface area (TPSA) is 18.5 Å². The summed E-state index contributed by atoms with van der Waals surface area (Å²) >= 11 is 0. The SMILES string of the molecule is COc1cccc(OCc2cc[c-]cc2)c1.[Br-].[Mg+2]. The van der Waals surface area contributed by atoms with Crippen molar-refractivity contribution in [2.24, 2.45) is 0 Å². The largest absolute Gasteiger partial charge is 2.00 e. The Bertz CT molecular complexity index is 449. The molecule has 0 aliphatic heterocycles. The zero-order valence-electron chi connectivity index (χ0n) is 10.2. The van der Waals surface area contributed by atoms with E-state index in [1.807, 2.05) is 48.5 Å². The summed E-state index contributed by atoms with van der Waals surface area (Å²) in [4.78, 5) is 0. The van der Waals surface area contributed by atoms with Crippen molar-refractivity contribution in [2.75, 3.05) is 7.11 Å². The molecular formula is C14H13BrMgO2. The van der Waals surface area contributed by atoms with Gasteiger partial charge in [-0.15, -0.1) is 5.56 Å². The first-order chi connectivity index (χ1) is 7.88. The van der Waals surface area contributed by atoms with Crippen molar-refractivity contribution in [3.8, 4) is 11.5 Å². The third-order valence-corrected chi connectivity index (χ3v) is 2.23. The molecule has 0 N–H and O–H groups in total. The Balaban J connectivity index is 0.00000144. The summed E-state index contributed by atoms with van der Waals surface area (Å²) in [5, 5.41) is 0. The fourth-order valence-electron chi connectivity index (χ4n) is 1.38. The first-order valence-electron chi connectivity index (χ1n) is 5.10. The third-order valence-electron chi connectivity index (χ3n) is 2.23. The number of hydrogen-bond donors (Lipinski definition) is 0. The molecule has 18 heavy (non-hydrogen) atoms. The fraction of sp³-hybridized carbons (Fsp3) is 0.143. The molecule has 90 valence electrons. The average molecular weight is 317 g/mol. The Kier molecular flexibility index (Phi) is 8.88. The van der Waals surface area contributed by atoms with Crippen molar-refractivity contribution >= 4 is 23.1 Å². The molecule has 0 aromatic heterocycles. The van der Waals surface area contributed by atoms with Gasteiger partial charge in [0.15, 0.2) is 0 Å². The third kappa shape index (κ3) is 5.29. The predicted octanol–water partition coefficient (Wildman–Crippen LogP) is -0.302. The maximum atomic E-state index is 5.64. The molecular weight excluding hydrogens is 304 g/mol. The smallest absolute Gasteiger partial charge is 1.00 e. The van der Waals surface area contributed by atoms with Gasteiger partial charge in [0.2, 0.25) is 0 Å². The van der Waals surface area contributed by atoms with E-state index in [9.17, 15) is 0 Å². The van der Waals surface area contributed by atoms with Crippen molar-refractivity contribution in [1.29, 1.82) is 0 Å². The molecule has 0 bridgehead atoms. The first-order valence-corrected chi connectivity index (χ1v) is 5.10. The molecule has 0 atom stereocenters. The van der Waals surface area contributed by atoms with Gasteiger partial charge < -0.3 is 26.5 Å². The normalized spacial score (nSPS) is 8.72. The molecule has 2 aromatic rings. The molecule has 0 amide bonds. The number of benzene rings is 2. The number of rotatable bonds is 4. The van der Waals surface area contributed by atoms with Crippen LogP contribution in [-0.4, -0.2) is 30.2 Å². The zero-order chi connectivity index (χ0) is 11.2. The molecule has 0 aliphatic carbocycles. The van der Waals surface area contributed by atoms with Crippen molar-refractivity contribution in [2.45, 2.75) is 6.61 Å². The van der Waals surface area contributed by atoms with Crippen LogP contribution in [0.3, 0.4) is 0 Å². The van der Waals surface area contributed by atoms with Crippen molar-refractivity contribution in [3.05, 3.63) is 60.2 Å². The van der Waals surface area contributed by atoms with Crippen LogP contribution in [0.1, 0.15) is 5.56 Å². The van der Waals surface area contributed by atoms with Gasteiger partial charge in [-0.05, 0) is 12.1 Å². The van der Waals surface area contributed by atoms with Crippen molar-refractivity contribution in [3.63, 3.8) is 0 Å². The van der Waals surface area contributed by atoms with E-state index in [2.05, 4.69) is 6.07 Å². The average Bonchev–Trinajstić information content (AvgIpc) is 2.38.